The van der Waals surface area contributed by atoms with Crippen LogP contribution in [0.5, 0.6) is 0 Å². The topological polar surface area (TPSA) is 90.7 Å². The molecule has 0 saturated heterocycles. The Morgan fingerprint density at radius 2 is 1.96 bits per heavy atom. The van der Waals surface area contributed by atoms with E-state index >= 15 is 0 Å². The Labute approximate surface area is 147 Å². The lowest BCUT2D eigenvalue weighted by Crippen LogP contribution is -2.41. The number of carbonyl (C=O) groups excluding carboxylic acids is 1. The van der Waals surface area contributed by atoms with Gasteiger partial charge in [0.05, 0.1) is 0 Å². The van der Waals surface area contributed by atoms with Crippen LogP contribution in [0.2, 0.25) is 0 Å². The predicted octanol–water partition coefficient (Wildman–Crippen LogP) is 3.18. The monoisotopic (exact) mass is 356 g/mol. The number of hydrogen-bond donors (Lipinski definition) is 2. The van der Waals surface area contributed by atoms with Crippen molar-refractivity contribution in [2.24, 2.45) is 11.8 Å². The van der Waals surface area contributed by atoms with Crippen LogP contribution in [0.3, 0.4) is 0 Å². The Bertz CT molecular complexity index is 559. The van der Waals surface area contributed by atoms with Crippen LogP contribution in [0, 0.1) is 11.8 Å². The van der Waals surface area contributed by atoms with Gasteiger partial charge in [-0.2, -0.15) is 0 Å². The lowest BCUT2D eigenvalue weighted by atomic mass is 9.95. The molecule has 6 nitrogen and oxygen atoms in total. The van der Waals surface area contributed by atoms with Crippen molar-refractivity contribution in [1.29, 1.82) is 0 Å². The van der Waals surface area contributed by atoms with Crippen LogP contribution >= 0.6 is 11.3 Å². The molecule has 7 heteroatoms. The highest BCUT2D eigenvalue weighted by Crippen LogP contribution is 2.27. The van der Waals surface area contributed by atoms with Gasteiger partial charge in [0.2, 0.25) is 5.91 Å². The molecular weight excluding hydrogens is 328 g/mol. The third-order valence-electron chi connectivity index (χ3n) is 4.37. The molecule has 1 rings (SSSR count). The van der Waals surface area contributed by atoms with Gasteiger partial charge in [-0.3, -0.25) is 4.79 Å². The van der Waals surface area contributed by atoms with Gasteiger partial charge in [-0.1, -0.05) is 34.1 Å². The second-order valence-corrected chi connectivity index (χ2v) is 7.55. The third kappa shape index (κ3) is 5.56. The van der Waals surface area contributed by atoms with E-state index in [0.717, 1.165) is 17.8 Å². The largest absolute Gasteiger partial charge is 0.476 e. The molecule has 0 aromatic carbocycles. The normalized spacial score (nSPS) is 15.1. The average Bonchev–Trinajstić information content (AvgIpc) is 3.01. The number of nitrogens with zero attached hydrogens (tertiary/aromatic N) is 2. The van der Waals surface area contributed by atoms with E-state index in [2.05, 4.69) is 11.9 Å². The second-order valence-electron chi connectivity index (χ2n) is 6.66. The van der Waals surface area contributed by atoms with Crippen molar-refractivity contribution in [3.05, 3.63) is 16.1 Å². The summed E-state index contributed by atoms with van der Waals surface area (Å²) in [6, 6.07) is -0.131. The number of amides is 1. The van der Waals surface area contributed by atoms with Crippen LogP contribution in [0.25, 0.3) is 0 Å². The van der Waals surface area contributed by atoms with Crippen LogP contribution < -0.4 is 0 Å². The Morgan fingerprint density at radius 1 is 1.33 bits per heavy atom. The van der Waals surface area contributed by atoms with E-state index < -0.39 is 12.1 Å². The summed E-state index contributed by atoms with van der Waals surface area (Å²) in [6.45, 7) is 8.13. The first-order valence-electron chi connectivity index (χ1n) is 8.29. The Morgan fingerprint density at radius 3 is 2.42 bits per heavy atom. The fraction of sp³-hybridized carbons (Fsp3) is 0.706. The molecule has 0 aliphatic carbocycles. The van der Waals surface area contributed by atoms with Crippen molar-refractivity contribution in [2.75, 3.05) is 7.05 Å². The molecule has 1 aromatic heterocycles. The maximum absolute atomic E-state index is 12.4. The highest BCUT2D eigenvalue weighted by molar-refractivity contribution is 7.09. The van der Waals surface area contributed by atoms with Gasteiger partial charge in [0.15, 0.2) is 5.69 Å². The molecule has 136 valence electrons. The Hall–Kier alpha value is -1.47. The van der Waals surface area contributed by atoms with Crippen molar-refractivity contribution < 1.29 is 19.8 Å². The highest BCUT2D eigenvalue weighted by atomic mass is 32.1. The molecule has 0 aliphatic heterocycles. The van der Waals surface area contributed by atoms with Gasteiger partial charge in [-0.05, 0) is 11.8 Å². The standard InChI is InChI=1S/C17H28N2O4S/c1-6-11(4)7-15(21)19(5)13(10(2)3)8-14(20)16-18-12(9-24-16)17(22)23/h9-11,13-14,20H,6-8H2,1-5H3,(H,22,23)/t11-,13+,14+/m0/s1. The van der Waals surface area contributed by atoms with Gasteiger partial charge < -0.3 is 15.1 Å². The SMILES string of the molecule is CC[C@H](C)CC(=O)N(C)[C@H](C[C@@H](O)c1nc(C(=O)O)cs1)C(C)C. The molecule has 3 atom stereocenters. The predicted molar refractivity (Wildman–Crippen MR) is 94.1 cm³/mol. The number of rotatable bonds is 9. The molecular formula is C17H28N2O4S. The summed E-state index contributed by atoms with van der Waals surface area (Å²) >= 11 is 1.13. The maximum Gasteiger partial charge on any atom is 0.355 e. The van der Waals surface area contributed by atoms with Crippen molar-refractivity contribution in [2.45, 2.75) is 59.1 Å². The molecule has 2 N–H and O–H groups in total. The molecule has 1 aromatic rings. The van der Waals surface area contributed by atoms with E-state index in [4.69, 9.17) is 5.11 Å². The summed E-state index contributed by atoms with van der Waals surface area (Å²) in [5.74, 6) is -0.536. The number of aliphatic hydroxyl groups is 1. The summed E-state index contributed by atoms with van der Waals surface area (Å²) in [7, 11) is 1.77. The quantitative estimate of drug-likeness (QED) is 0.709. The minimum absolute atomic E-state index is 0.0589. The van der Waals surface area contributed by atoms with Crippen LogP contribution in [0.15, 0.2) is 5.38 Å². The van der Waals surface area contributed by atoms with Crippen LogP contribution in [0.4, 0.5) is 0 Å². The number of hydrogen-bond acceptors (Lipinski definition) is 5. The number of carboxylic acids is 1. The number of carbonyl (C=O) groups is 2. The minimum atomic E-state index is -1.11. The molecule has 0 bridgehead atoms. The highest BCUT2D eigenvalue weighted by Gasteiger charge is 2.28. The molecule has 0 spiro atoms. The number of thiazole rings is 1. The van der Waals surface area contributed by atoms with Crippen LogP contribution in [-0.2, 0) is 4.79 Å². The van der Waals surface area contributed by atoms with E-state index in [1.165, 1.54) is 5.38 Å². The lowest BCUT2D eigenvalue weighted by Gasteiger charge is -2.33. The molecule has 1 heterocycles. The molecule has 0 fully saturated rings. The summed E-state index contributed by atoms with van der Waals surface area (Å²) in [4.78, 5) is 29.0. The minimum Gasteiger partial charge on any atom is -0.476 e. The van der Waals surface area contributed by atoms with Crippen molar-refractivity contribution in [3.63, 3.8) is 0 Å². The van der Waals surface area contributed by atoms with E-state index in [9.17, 15) is 14.7 Å². The zero-order valence-electron chi connectivity index (χ0n) is 15.0. The van der Waals surface area contributed by atoms with Gasteiger partial charge in [-0.25, -0.2) is 9.78 Å². The Kier molecular flexibility index (Phi) is 7.83. The molecule has 1 amide bonds. The number of aromatic carboxylic acids is 1. The van der Waals surface area contributed by atoms with Crippen molar-refractivity contribution in [3.8, 4) is 0 Å². The molecule has 0 aliphatic rings. The van der Waals surface area contributed by atoms with Crippen LogP contribution in [-0.4, -0.2) is 45.1 Å². The van der Waals surface area contributed by atoms with E-state index in [1.807, 2.05) is 20.8 Å². The van der Waals surface area contributed by atoms with Gasteiger partial charge >= 0.3 is 5.97 Å². The first kappa shape index (κ1) is 20.6. The van der Waals surface area contributed by atoms with Crippen molar-refractivity contribution in [1.82, 2.24) is 9.88 Å². The number of carboxylic acid groups (broad SMARTS) is 1. The molecule has 0 saturated carbocycles. The van der Waals surface area contributed by atoms with Crippen molar-refractivity contribution >= 4 is 23.2 Å². The van der Waals surface area contributed by atoms with Gasteiger partial charge in [0.1, 0.15) is 11.1 Å². The van der Waals surface area contributed by atoms with Crippen LogP contribution in [0.1, 0.15) is 68.6 Å². The number of aromatic nitrogens is 1. The van der Waals surface area contributed by atoms with Gasteiger partial charge in [0, 0.05) is 31.3 Å². The summed E-state index contributed by atoms with van der Waals surface area (Å²) in [5.41, 5.74) is -0.0589. The zero-order valence-corrected chi connectivity index (χ0v) is 15.8. The molecule has 24 heavy (non-hydrogen) atoms. The summed E-state index contributed by atoms with van der Waals surface area (Å²) in [5, 5.41) is 21.1. The fourth-order valence-electron chi connectivity index (χ4n) is 2.52. The average molecular weight is 356 g/mol. The third-order valence-corrected chi connectivity index (χ3v) is 5.32. The lowest BCUT2D eigenvalue weighted by molar-refractivity contribution is -0.134. The van der Waals surface area contributed by atoms with E-state index in [0.29, 0.717) is 23.8 Å². The number of aliphatic hydroxyl groups excluding tert-OH is 1. The van der Waals surface area contributed by atoms with Gasteiger partial charge in [-0.15, -0.1) is 11.3 Å². The maximum atomic E-state index is 12.4. The molecule has 0 unspecified atom stereocenters. The van der Waals surface area contributed by atoms with E-state index in [1.54, 1.807) is 11.9 Å². The first-order chi connectivity index (χ1) is 11.2. The fourth-order valence-corrected chi connectivity index (χ4v) is 3.31. The smallest absolute Gasteiger partial charge is 0.355 e. The Balaban J connectivity index is 2.80. The van der Waals surface area contributed by atoms with Gasteiger partial charge in [0.25, 0.3) is 0 Å². The second kappa shape index (κ2) is 9.13. The summed E-state index contributed by atoms with van der Waals surface area (Å²) in [6.07, 6.45) is 0.903. The zero-order chi connectivity index (χ0) is 18.4. The summed E-state index contributed by atoms with van der Waals surface area (Å²) < 4.78 is 0. The molecule has 0 radical (unpaired) electrons. The van der Waals surface area contributed by atoms with E-state index in [-0.39, 0.29) is 23.6 Å². The first-order valence-corrected chi connectivity index (χ1v) is 9.17.